The predicted molar refractivity (Wildman–Crippen MR) is 99.4 cm³/mol. The van der Waals surface area contributed by atoms with Crippen molar-refractivity contribution in [2.45, 2.75) is 0 Å². The first-order valence-electron chi connectivity index (χ1n) is 8.26. The molecule has 0 unspecified atom stereocenters. The van der Waals surface area contributed by atoms with Crippen LogP contribution in [0.4, 0.5) is 5.69 Å². The predicted octanol–water partition coefficient (Wildman–Crippen LogP) is 2.27. The van der Waals surface area contributed by atoms with Gasteiger partial charge >= 0.3 is 0 Å². The van der Waals surface area contributed by atoms with E-state index in [1.165, 1.54) is 11.3 Å². The van der Waals surface area contributed by atoms with E-state index in [-0.39, 0.29) is 11.7 Å². The second-order valence-electron chi connectivity index (χ2n) is 5.93. The molecule has 1 aliphatic rings. The van der Waals surface area contributed by atoms with Gasteiger partial charge < -0.3 is 14.9 Å². The van der Waals surface area contributed by atoms with Gasteiger partial charge in [-0.25, -0.2) is 4.98 Å². The number of phenols is 1. The highest BCUT2D eigenvalue weighted by Crippen LogP contribution is 2.24. The fraction of sp³-hybridized carbons (Fsp3) is 0.222. The summed E-state index contributed by atoms with van der Waals surface area (Å²) in [5, 5.41) is 12.1. The largest absolute Gasteiger partial charge is 0.508 e. The molecule has 3 aromatic rings. The van der Waals surface area contributed by atoms with Crippen molar-refractivity contribution in [2.75, 3.05) is 31.1 Å². The Bertz CT molecular complexity index is 907. The molecule has 0 spiro atoms. The van der Waals surface area contributed by atoms with Crippen LogP contribution < -0.4 is 4.90 Å². The second kappa shape index (κ2) is 7.09. The van der Waals surface area contributed by atoms with E-state index in [1.807, 2.05) is 17.0 Å². The van der Waals surface area contributed by atoms with Gasteiger partial charge in [0, 0.05) is 55.7 Å². The summed E-state index contributed by atoms with van der Waals surface area (Å²) >= 11 is 1.39. The molecular formula is C18H17N5O2S. The van der Waals surface area contributed by atoms with Crippen LogP contribution in [0.2, 0.25) is 0 Å². The normalized spacial score (nSPS) is 14.5. The number of piperazine rings is 1. The first kappa shape index (κ1) is 16.5. The maximum atomic E-state index is 12.7. The van der Waals surface area contributed by atoms with Crippen molar-refractivity contribution in [1.29, 1.82) is 0 Å². The average Bonchev–Trinajstić information content (AvgIpc) is 3.18. The molecule has 0 aliphatic carbocycles. The van der Waals surface area contributed by atoms with Crippen LogP contribution >= 0.6 is 11.3 Å². The van der Waals surface area contributed by atoms with E-state index < -0.39 is 0 Å². The molecule has 26 heavy (non-hydrogen) atoms. The number of aromatic nitrogens is 3. The van der Waals surface area contributed by atoms with Crippen LogP contribution in [-0.2, 0) is 0 Å². The molecule has 4 rings (SSSR count). The zero-order valence-corrected chi connectivity index (χ0v) is 14.8. The van der Waals surface area contributed by atoms with Gasteiger partial charge in [0.15, 0.2) is 0 Å². The Morgan fingerprint density at radius 3 is 2.73 bits per heavy atom. The van der Waals surface area contributed by atoms with Crippen LogP contribution in [0, 0.1) is 0 Å². The number of aromatic hydroxyl groups is 1. The standard InChI is InChI=1S/C18H17N5O2S/c24-14-3-1-2-13(10-14)22-6-8-23(9-7-22)18(25)16-12-26-17(21-16)15-11-19-4-5-20-15/h1-5,10-12,24H,6-9H2. The summed E-state index contributed by atoms with van der Waals surface area (Å²) in [6.07, 6.45) is 4.86. The van der Waals surface area contributed by atoms with E-state index in [0.29, 0.717) is 29.5 Å². The smallest absolute Gasteiger partial charge is 0.273 e. The Hall–Kier alpha value is -3.00. The molecule has 0 radical (unpaired) electrons. The van der Waals surface area contributed by atoms with Crippen LogP contribution in [-0.4, -0.2) is 57.0 Å². The fourth-order valence-corrected chi connectivity index (χ4v) is 3.67. The molecule has 1 aromatic carbocycles. The molecule has 1 aliphatic heterocycles. The number of nitrogens with zero attached hydrogens (tertiary/aromatic N) is 5. The first-order valence-corrected chi connectivity index (χ1v) is 9.14. The summed E-state index contributed by atoms with van der Waals surface area (Å²) < 4.78 is 0. The number of hydrogen-bond donors (Lipinski definition) is 1. The molecule has 1 amide bonds. The van der Waals surface area contributed by atoms with Crippen LogP contribution in [0.5, 0.6) is 5.75 Å². The molecule has 8 heteroatoms. The van der Waals surface area contributed by atoms with Crippen molar-refractivity contribution >= 4 is 22.9 Å². The third-order valence-corrected chi connectivity index (χ3v) is 5.13. The zero-order chi connectivity index (χ0) is 17.9. The number of phenolic OH excluding ortho intramolecular Hbond substituents is 1. The number of carbonyl (C=O) groups excluding carboxylic acids is 1. The third kappa shape index (κ3) is 3.36. The van der Waals surface area contributed by atoms with Crippen molar-refractivity contribution in [1.82, 2.24) is 19.9 Å². The molecule has 0 atom stereocenters. The molecule has 0 bridgehead atoms. The van der Waals surface area contributed by atoms with Gasteiger partial charge in [-0.1, -0.05) is 6.07 Å². The lowest BCUT2D eigenvalue weighted by Crippen LogP contribution is -2.48. The highest BCUT2D eigenvalue weighted by atomic mass is 32.1. The van der Waals surface area contributed by atoms with E-state index >= 15 is 0 Å². The minimum Gasteiger partial charge on any atom is -0.508 e. The molecular weight excluding hydrogens is 350 g/mol. The lowest BCUT2D eigenvalue weighted by atomic mass is 10.2. The third-order valence-electron chi connectivity index (χ3n) is 4.27. The Morgan fingerprint density at radius 2 is 2.00 bits per heavy atom. The van der Waals surface area contributed by atoms with Crippen molar-refractivity contribution in [2.24, 2.45) is 0 Å². The number of benzene rings is 1. The maximum absolute atomic E-state index is 12.7. The summed E-state index contributed by atoms with van der Waals surface area (Å²) in [5.41, 5.74) is 2.09. The van der Waals surface area contributed by atoms with Crippen LogP contribution in [0.25, 0.3) is 10.7 Å². The Balaban J connectivity index is 1.42. The van der Waals surface area contributed by atoms with Gasteiger partial charge in [-0.2, -0.15) is 0 Å². The highest BCUT2D eigenvalue weighted by Gasteiger charge is 2.24. The summed E-state index contributed by atoms with van der Waals surface area (Å²) in [6.45, 7) is 2.67. The van der Waals surface area contributed by atoms with Crippen molar-refractivity contribution in [3.05, 3.63) is 53.9 Å². The second-order valence-corrected chi connectivity index (χ2v) is 6.79. The number of rotatable bonds is 3. The zero-order valence-electron chi connectivity index (χ0n) is 13.9. The van der Waals surface area contributed by atoms with Gasteiger partial charge in [-0.15, -0.1) is 11.3 Å². The van der Waals surface area contributed by atoms with Crippen molar-refractivity contribution in [3.63, 3.8) is 0 Å². The van der Waals surface area contributed by atoms with Gasteiger partial charge in [-0.3, -0.25) is 14.8 Å². The van der Waals surface area contributed by atoms with Gasteiger partial charge in [0.1, 0.15) is 22.1 Å². The van der Waals surface area contributed by atoms with Crippen LogP contribution in [0.3, 0.4) is 0 Å². The number of carbonyl (C=O) groups is 1. The number of thiazole rings is 1. The molecule has 3 heterocycles. The van der Waals surface area contributed by atoms with Crippen LogP contribution in [0.15, 0.2) is 48.2 Å². The summed E-state index contributed by atoms with van der Waals surface area (Å²) in [4.78, 5) is 29.4. The van der Waals surface area contributed by atoms with Gasteiger partial charge in [0.05, 0.1) is 6.20 Å². The Morgan fingerprint density at radius 1 is 1.15 bits per heavy atom. The van der Waals surface area contributed by atoms with Crippen LogP contribution in [0.1, 0.15) is 10.5 Å². The number of hydrogen-bond acceptors (Lipinski definition) is 7. The van der Waals surface area contributed by atoms with Gasteiger partial charge in [0.2, 0.25) is 0 Å². The SMILES string of the molecule is O=C(c1csc(-c2cnccn2)n1)N1CCN(c2cccc(O)c2)CC1. The summed E-state index contributed by atoms with van der Waals surface area (Å²) in [5.74, 6) is 0.187. The highest BCUT2D eigenvalue weighted by molar-refractivity contribution is 7.13. The lowest BCUT2D eigenvalue weighted by Gasteiger charge is -2.35. The fourth-order valence-electron chi connectivity index (χ4n) is 2.92. The molecule has 132 valence electrons. The minimum atomic E-state index is -0.0630. The first-order chi connectivity index (χ1) is 12.7. The molecule has 1 saturated heterocycles. The number of amides is 1. The molecule has 1 fully saturated rings. The summed E-state index contributed by atoms with van der Waals surface area (Å²) in [7, 11) is 0. The van der Waals surface area contributed by atoms with Crippen molar-refractivity contribution in [3.8, 4) is 16.5 Å². The van der Waals surface area contributed by atoms with E-state index in [4.69, 9.17) is 0 Å². The quantitative estimate of drug-likeness (QED) is 0.765. The number of anilines is 1. The minimum absolute atomic E-state index is 0.0630. The van der Waals surface area contributed by atoms with E-state index in [2.05, 4.69) is 19.9 Å². The summed E-state index contributed by atoms with van der Waals surface area (Å²) in [6, 6.07) is 7.18. The maximum Gasteiger partial charge on any atom is 0.273 e. The monoisotopic (exact) mass is 367 g/mol. The van der Waals surface area contributed by atoms with E-state index in [9.17, 15) is 9.90 Å². The molecule has 0 saturated carbocycles. The van der Waals surface area contributed by atoms with E-state index in [0.717, 1.165) is 18.8 Å². The van der Waals surface area contributed by atoms with Crippen molar-refractivity contribution < 1.29 is 9.90 Å². The Labute approximate surface area is 154 Å². The Kier molecular flexibility index (Phi) is 4.49. The molecule has 1 N–H and O–H groups in total. The molecule has 7 nitrogen and oxygen atoms in total. The average molecular weight is 367 g/mol. The van der Waals surface area contributed by atoms with Gasteiger partial charge in [0.25, 0.3) is 5.91 Å². The van der Waals surface area contributed by atoms with Gasteiger partial charge in [-0.05, 0) is 12.1 Å². The molecule has 2 aromatic heterocycles. The lowest BCUT2D eigenvalue weighted by molar-refractivity contribution is 0.0741. The van der Waals surface area contributed by atoms with E-state index in [1.54, 1.807) is 36.1 Å². The topological polar surface area (TPSA) is 82.5 Å².